The van der Waals surface area contributed by atoms with Crippen molar-refractivity contribution in [3.8, 4) is 0 Å². The van der Waals surface area contributed by atoms with Gasteiger partial charge in [0.05, 0.1) is 17.9 Å². The number of aromatic nitrogens is 2. The summed E-state index contributed by atoms with van der Waals surface area (Å²) in [5.41, 5.74) is 6.81. The molecule has 2 N–H and O–H groups in total. The van der Waals surface area contributed by atoms with Gasteiger partial charge in [-0.1, -0.05) is 6.07 Å². The lowest BCUT2D eigenvalue weighted by Crippen LogP contribution is -2.14. The highest BCUT2D eigenvalue weighted by Gasteiger charge is 2.12. The van der Waals surface area contributed by atoms with E-state index in [9.17, 15) is 8.78 Å². The maximum Gasteiger partial charge on any atom is 0.159 e. The van der Waals surface area contributed by atoms with Gasteiger partial charge in [-0.3, -0.25) is 9.97 Å². The smallest absolute Gasteiger partial charge is 0.159 e. The molecule has 0 aliphatic carbocycles. The van der Waals surface area contributed by atoms with Crippen molar-refractivity contribution in [1.29, 1.82) is 0 Å². The second-order valence-electron chi connectivity index (χ2n) is 3.28. The van der Waals surface area contributed by atoms with Gasteiger partial charge in [0.25, 0.3) is 0 Å². The van der Waals surface area contributed by atoms with Crippen molar-refractivity contribution in [2.24, 2.45) is 5.73 Å². The molecule has 0 bridgehead atoms. The summed E-state index contributed by atoms with van der Waals surface area (Å²) < 4.78 is 25.7. The average Bonchev–Trinajstić information content (AvgIpc) is 2.33. The summed E-state index contributed by atoms with van der Waals surface area (Å²) in [6, 6.07) is 2.93. The van der Waals surface area contributed by atoms with Gasteiger partial charge in [-0.15, -0.1) is 0 Å². The van der Waals surface area contributed by atoms with Gasteiger partial charge in [-0.25, -0.2) is 8.78 Å². The molecule has 0 radical (unpaired) electrons. The molecular weight excluding hydrogens is 212 g/mol. The fourth-order valence-corrected chi connectivity index (χ4v) is 1.35. The van der Waals surface area contributed by atoms with E-state index >= 15 is 0 Å². The van der Waals surface area contributed by atoms with Gasteiger partial charge < -0.3 is 5.73 Å². The molecule has 0 spiro atoms. The van der Waals surface area contributed by atoms with Crippen molar-refractivity contribution in [1.82, 2.24) is 9.97 Å². The normalized spacial score (nSPS) is 12.4. The Balaban J connectivity index is 2.34. The molecular formula is C11H9F2N3. The van der Waals surface area contributed by atoms with Crippen molar-refractivity contribution < 1.29 is 8.78 Å². The predicted octanol–water partition coefficient (Wildman–Crippen LogP) is 1.80. The number of nitrogens with two attached hydrogens (primary N) is 1. The van der Waals surface area contributed by atoms with E-state index in [1.165, 1.54) is 24.7 Å². The standard InChI is InChI=1S/C11H9F2N3/c12-8-2-1-7(5-9(8)13)11(14)10-6-15-3-4-16-10/h1-6,11H,14H2. The molecule has 0 saturated heterocycles. The Kier molecular flexibility index (Phi) is 2.87. The highest BCUT2D eigenvalue weighted by atomic mass is 19.2. The molecule has 5 heteroatoms. The molecule has 1 heterocycles. The zero-order valence-corrected chi connectivity index (χ0v) is 8.27. The van der Waals surface area contributed by atoms with Crippen molar-refractivity contribution in [3.63, 3.8) is 0 Å². The highest BCUT2D eigenvalue weighted by molar-refractivity contribution is 5.26. The zero-order valence-electron chi connectivity index (χ0n) is 8.27. The number of hydrogen-bond donors (Lipinski definition) is 1. The van der Waals surface area contributed by atoms with Gasteiger partial charge in [0, 0.05) is 12.4 Å². The Morgan fingerprint density at radius 2 is 1.94 bits per heavy atom. The number of hydrogen-bond acceptors (Lipinski definition) is 3. The Labute approximate surface area is 91.0 Å². The fraction of sp³-hybridized carbons (Fsp3) is 0.0909. The topological polar surface area (TPSA) is 51.8 Å². The Hall–Kier alpha value is -1.88. The first-order valence-corrected chi connectivity index (χ1v) is 4.65. The quantitative estimate of drug-likeness (QED) is 0.841. The first-order valence-electron chi connectivity index (χ1n) is 4.65. The third kappa shape index (κ3) is 2.04. The Morgan fingerprint density at radius 1 is 1.12 bits per heavy atom. The van der Waals surface area contributed by atoms with E-state index < -0.39 is 17.7 Å². The van der Waals surface area contributed by atoms with Crippen molar-refractivity contribution in [3.05, 3.63) is 59.7 Å². The second kappa shape index (κ2) is 4.32. The first kappa shape index (κ1) is 10.6. The molecule has 2 aromatic rings. The summed E-state index contributed by atoms with van der Waals surface area (Å²) in [5, 5.41) is 0. The van der Waals surface area contributed by atoms with Gasteiger partial charge in [-0.2, -0.15) is 0 Å². The van der Waals surface area contributed by atoms with Crippen LogP contribution in [0.4, 0.5) is 8.78 Å². The lowest BCUT2D eigenvalue weighted by atomic mass is 10.0. The van der Waals surface area contributed by atoms with E-state index in [4.69, 9.17) is 5.73 Å². The predicted molar refractivity (Wildman–Crippen MR) is 54.4 cm³/mol. The van der Waals surface area contributed by atoms with Crippen LogP contribution < -0.4 is 5.73 Å². The summed E-state index contributed by atoms with van der Waals surface area (Å²) in [6.45, 7) is 0. The van der Waals surface area contributed by atoms with Crippen molar-refractivity contribution in [2.45, 2.75) is 6.04 Å². The molecule has 0 amide bonds. The average molecular weight is 221 g/mol. The van der Waals surface area contributed by atoms with Crippen LogP contribution in [0, 0.1) is 11.6 Å². The third-order valence-electron chi connectivity index (χ3n) is 2.20. The molecule has 1 aromatic carbocycles. The number of rotatable bonds is 2. The molecule has 1 aromatic heterocycles. The number of halogens is 2. The van der Waals surface area contributed by atoms with Crippen LogP contribution in [0.5, 0.6) is 0 Å². The van der Waals surface area contributed by atoms with Gasteiger partial charge >= 0.3 is 0 Å². The molecule has 3 nitrogen and oxygen atoms in total. The van der Waals surface area contributed by atoms with Crippen LogP contribution in [-0.2, 0) is 0 Å². The Morgan fingerprint density at radius 3 is 2.56 bits per heavy atom. The maximum atomic E-state index is 13.0. The van der Waals surface area contributed by atoms with Gasteiger partial charge in [0.2, 0.25) is 0 Å². The van der Waals surface area contributed by atoms with E-state index in [0.29, 0.717) is 11.3 Å². The van der Waals surface area contributed by atoms with Crippen LogP contribution in [-0.4, -0.2) is 9.97 Å². The van der Waals surface area contributed by atoms with E-state index in [0.717, 1.165) is 12.1 Å². The minimum absolute atomic E-state index is 0.458. The lowest BCUT2D eigenvalue weighted by Gasteiger charge is -2.10. The largest absolute Gasteiger partial charge is 0.319 e. The summed E-state index contributed by atoms with van der Waals surface area (Å²) in [4.78, 5) is 7.86. The van der Waals surface area contributed by atoms with Gasteiger partial charge in [0.1, 0.15) is 0 Å². The van der Waals surface area contributed by atoms with Crippen LogP contribution in [0.25, 0.3) is 0 Å². The highest BCUT2D eigenvalue weighted by Crippen LogP contribution is 2.18. The summed E-state index contributed by atoms with van der Waals surface area (Å²) in [6.07, 6.45) is 4.50. The first-order chi connectivity index (χ1) is 7.68. The molecule has 0 aliphatic heterocycles. The van der Waals surface area contributed by atoms with Crippen LogP contribution in [0.15, 0.2) is 36.8 Å². The van der Waals surface area contributed by atoms with Crippen LogP contribution >= 0.6 is 0 Å². The molecule has 2 rings (SSSR count). The lowest BCUT2D eigenvalue weighted by molar-refractivity contribution is 0.506. The van der Waals surface area contributed by atoms with Crippen molar-refractivity contribution >= 4 is 0 Å². The second-order valence-corrected chi connectivity index (χ2v) is 3.28. The maximum absolute atomic E-state index is 13.0. The van der Waals surface area contributed by atoms with Crippen LogP contribution in [0.2, 0.25) is 0 Å². The molecule has 16 heavy (non-hydrogen) atoms. The van der Waals surface area contributed by atoms with Crippen molar-refractivity contribution in [2.75, 3.05) is 0 Å². The zero-order chi connectivity index (χ0) is 11.5. The summed E-state index contributed by atoms with van der Waals surface area (Å²) in [5.74, 6) is -1.81. The molecule has 1 atom stereocenters. The van der Waals surface area contributed by atoms with E-state index in [2.05, 4.69) is 9.97 Å². The minimum Gasteiger partial charge on any atom is -0.319 e. The van der Waals surface area contributed by atoms with E-state index in [1.807, 2.05) is 0 Å². The number of benzene rings is 1. The molecule has 1 unspecified atom stereocenters. The molecule has 0 saturated carbocycles. The third-order valence-corrected chi connectivity index (χ3v) is 2.20. The van der Waals surface area contributed by atoms with E-state index in [-0.39, 0.29) is 0 Å². The van der Waals surface area contributed by atoms with Crippen LogP contribution in [0.3, 0.4) is 0 Å². The SMILES string of the molecule is NC(c1ccc(F)c(F)c1)c1cnccn1. The van der Waals surface area contributed by atoms with Gasteiger partial charge in [0.15, 0.2) is 11.6 Å². The number of nitrogens with zero attached hydrogens (tertiary/aromatic N) is 2. The molecule has 0 aliphatic rings. The van der Waals surface area contributed by atoms with E-state index in [1.54, 1.807) is 0 Å². The monoisotopic (exact) mass is 221 g/mol. The molecule has 0 fully saturated rings. The summed E-state index contributed by atoms with van der Waals surface area (Å²) >= 11 is 0. The van der Waals surface area contributed by atoms with Crippen LogP contribution in [0.1, 0.15) is 17.3 Å². The Bertz CT molecular complexity index is 488. The fourth-order valence-electron chi connectivity index (χ4n) is 1.35. The minimum atomic E-state index is -0.920. The van der Waals surface area contributed by atoms with Gasteiger partial charge in [-0.05, 0) is 17.7 Å². The summed E-state index contributed by atoms with van der Waals surface area (Å²) in [7, 11) is 0. The molecule has 82 valence electrons.